The first kappa shape index (κ1) is 11.5. The third-order valence-corrected chi connectivity index (χ3v) is 3.07. The van der Waals surface area contributed by atoms with Crippen molar-refractivity contribution in [3.63, 3.8) is 0 Å². The molecule has 90 valence electrons. The molecule has 2 rings (SSSR count). The van der Waals surface area contributed by atoms with Gasteiger partial charge in [0.2, 0.25) is 11.8 Å². The summed E-state index contributed by atoms with van der Waals surface area (Å²) in [6.07, 6.45) is -0.406. The summed E-state index contributed by atoms with van der Waals surface area (Å²) in [6, 6.07) is 0. The predicted octanol–water partition coefficient (Wildman–Crippen LogP) is -1.83. The summed E-state index contributed by atoms with van der Waals surface area (Å²) in [5.41, 5.74) is 0. The lowest BCUT2D eigenvalue weighted by Gasteiger charge is -2.18. The monoisotopic (exact) mass is 228 g/mol. The van der Waals surface area contributed by atoms with Crippen LogP contribution < -0.4 is 0 Å². The van der Waals surface area contributed by atoms with E-state index < -0.39 is 12.2 Å². The molecule has 2 aliphatic heterocycles. The molecular formula is C10H16N2O4. The van der Waals surface area contributed by atoms with Gasteiger partial charge in [-0.2, -0.15) is 0 Å². The van der Waals surface area contributed by atoms with E-state index in [4.69, 9.17) is 0 Å². The number of amides is 2. The lowest BCUT2D eigenvalue weighted by Crippen LogP contribution is -2.40. The van der Waals surface area contributed by atoms with E-state index >= 15 is 0 Å². The Labute approximate surface area is 93.4 Å². The summed E-state index contributed by atoms with van der Waals surface area (Å²) >= 11 is 0. The molecule has 0 aliphatic carbocycles. The van der Waals surface area contributed by atoms with Crippen LogP contribution in [0.5, 0.6) is 0 Å². The summed E-state index contributed by atoms with van der Waals surface area (Å²) in [5.74, 6) is -0.353. The summed E-state index contributed by atoms with van der Waals surface area (Å²) in [4.78, 5) is 26.0. The smallest absolute Gasteiger partial charge is 0.243 e. The highest BCUT2D eigenvalue weighted by atomic mass is 16.3. The molecule has 2 amide bonds. The normalized spacial score (nSPS) is 31.4. The van der Waals surface area contributed by atoms with Gasteiger partial charge in [-0.3, -0.25) is 19.4 Å². The lowest BCUT2D eigenvalue weighted by atomic mass is 10.3. The molecule has 16 heavy (non-hydrogen) atoms. The first-order valence-electron chi connectivity index (χ1n) is 5.49. The number of likely N-dealkylation sites (tertiary alicyclic amines) is 2. The van der Waals surface area contributed by atoms with Crippen LogP contribution >= 0.6 is 0 Å². The molecular weight excluding hydrogens is 212 g/mol. The van der Waals surface area contributed by atoms with E-state index in [2.05, 4.69) is 0 Å². The van der Waals surface area contributed by atoms with Gasteiger partial charge in [-0.1, -0.05) is 0 Å². The summed E-state index contributed by atoms with van der Waals surface area (Å²) in [7, 11) is 0. The van der Waals surface area contributed by atoms with Crippen molar-refractivity contribution in [3.05, 3.63) is 0 Å². The minimum Gasteiger partial charge on any atom is -0.389 e. The number of aliphatic hydroxyl groups excluding tert-OH is 2. The van der Waals surface area contributed by atoms with Gasteiger partial charge in [0.05, 0.1) is 18.8 Å². The van der Waals surface area contributed by atoms with E-state index in [0.717, 1.165) is 6.42 Å². The van der Waals surface area contributed by atoms with Crippen molar-refractivity contribution in [1.82, 2.24) is 9.80 Å². The van der Waals surface area contributed by atoms with E-state index in [1.807, 2.05) is 0 Å². The van der Waals surface area contributed by atoms with Gasteiger partial charge in [0.1, 0.15) is 0 Å². The van der Waals surface area contributed by atoms with Crippen LogP contribution in [0.4, 0.5) is 0 Å². The molecule has 0 bridgehead atoms. The van der Waals surface area contributed by atoms with Crippen molar-refractivity contribution in [1.29, 1.82) is 0 Å². The molecule has 0 aromatic heterocycles. The molecule has 0 aromatic carbocycles. The Morgan fingerprint density at radius 3 is 2.44 bits per heavy atom. The van der Waals surface area contributed by atoms with Gasteiger partial charge >= 0.3 is 0 Å². The first-order valence-corrected chi connectivity index (χ1v) is 5.49. The number of imide groups is 1. The second kappa shape index (κ2) is 4.48. The molecule has 2 fully saturated rings. The van der Waals surface area contributed by atoms with Gasteiger partial charge < -0.3 is 10.2 Å². The fraction of sp³-hybridized carbons (Fsp3) is 0.800. The third-order valence-electron chi connectivity index (χ3n) is 3.07. The van der Waals surface area contributed by atoms with Crippen molar-refractivity contribution in [2.24, 2.45) is 0 Å². The third kappa shape index (κ3) is 2.23. The Kier molecular flexibility index (Phi) is 3.22. The quantitative estimate of drug-likeness (QED) is 0.581. The molecule has 0 radical (unpaired) electrons. The van der Waals surface area contributed by atoms with Crippen molar-refractivity contribution in [3.8, 4) is 0 Å². The molecule has 2 N–H and O–H groups in total. The molecule has 2 unspecified atom stereocenters. The minimum absolute atomic E-state index is 0.0971. The Hall–Kier alpha value is -0.980. The number of hydrogen-bond acceptors (Lipinski definition) is 5. The van der Waals surface area contributed by atoms with E-state index in [1.54, 1.807) is 4.90 Å². The van der Waals surface area contributed by atoms with E-state index in [-0.39, 0.29) is 31.4 Å². The number of carbonyl (C=O) groups excluding carboxylic acids is 2. The van der Waals surface area contributed by atoms with E-state index in [0.29, 0.717) is 13.0 Å². The fourth-order valence-electron chi connectivity index (χ4n) is 2.16. The average Bonchev–Trinajstić information content (AvgIpc) is 2.74. The maximum atomic E-state index is 11.7. The topological polar surface area (TPSA) is 81.1 Å². The van der Waals surface area contributed by atoms with Crippen molar-refractivity contribution >= 4 is 11.8 Å². The van der Waals surface area contributed by atoms with Crippen LogP contribution in [0.3, 0.4) is 0 Å². The van der Waals surface area contributed by atoms with Gasteiger partial charge in [0.15, 0.2) is 0 Å². The SMILES string of the molecule is O=C1CCCN1C(=O)CN1CC(O)C(O)C1. The highest BCUT2D eigenvalue weighted by molar-refractivity contribution is 5.97. The van der Waals surface area contributed by atoms with Crippen LogP contribution in [0.1, 0.15) is 12.8 Å². The molecule has 2 atom stereocenters. The second-order valence-electron chi connectivity index (χ2n) is 4.37. The number of rotatable bonds is 2. The van der Waals surface area contributed by atoms with Gasteiger partial charge in [-0.25, -0.2) is 0 Å². The Balaban J connectivity index is 1.86. The zero-order valence-electron chi connectivity index (χ0n) is 9.00. The van der Waals surface area contributed by atoms with Gasteiger partial charge in [-0.15, -0.1) is 0 Å². The predicted molar refractivity (Wildman–Crippen MR) is 54.4 cm³/mol. The zero-order valence-corrected chi connectivity index (χ0v) is 9.00. The van der Waals surface area contributed by atoms with Crippen molar-refractivity contribution in [2.45, 2.75) is 25.0 Å². The zero-order chi connectivity index (χ0) is 11.7. The van der Waals surface area contributed by atoms with E-state index in [1.165, 1.54) is 4.90 Å². The molecule has 6 heteroatoms. The number of β-amino-alcohol motifs (C(OH)–C–C–N with tert-alkyl or cyclic N) is 2. The summed E-state index contributed by atoms with van der Waals surface area (Å²) in [5, 5.41) is 18.6. The molecule has 6 nitrogen and oxygen atoms in total. The number of aliphatic hydroxyl groups is 2. The molecule has 0 aromatic rings. The maximum absolute atomic E-state index is 11.7. The second-order valence-corrected chi connectivity index (χ2v) is 4.37. The highest BCUT2D eigenvalue weighted by Crippen LogP contribution is 2.13. The van der Waals surface area contributed by atoms with Crippen LogP contribution in [0, 0.1) is 0 Å². The van der Waals surface area contributed by atoms with Gasteiger partial charge in [-0.05, 0) is 6.42 Å². The average molecular weight is 228 g/mol. The lowest BCUT2D eigenvalue weighted by molar-refractivity contribution is -0.142. The Morgan fingerprint density at radius 2 is 1.94 bits per heavy atom. The fourth-order valence-corrected chi connectivity index (χ4v) is 2.16. The van der Waals surface area contributed by atoms with Crippen molar-refractivity contribution in [2.75, 3.05) is 26.2 Å². The summed E-state index contributed by atoms with van der Waals surface area (Å²) < 4.78 is 0. The van der Waals surface area contributed by atoms with Crippen molar-refractivity contribution < 1.29 is 19.8 Å². The minimum atomic E-state index is -0.790. The Bertz CT molecular complexity index is 297. The number of nitrogens with zero attached hydrogens (tertiary/aromatic N) is 2. The van der Waals surface area contributed by atoms with Gasteiger partial charge in [0.25, 0.3) is 0 Å². The molecule has 0 saturated carbocycles. The van der Waals surface area contributed by atoms with Crippen LogP contribution in [-0.4, -0.2) is 70.2 Å². The van der Waals surface area contributed by atoms with E-state index in [9.17, 15) is 19.8 Å². The molecule has 2 aliphatic rings. The maximum Gasteiger partial charge on any atom is 0.243 e. The summed E-state index contributed by atoms with van der Waals surface area (Å²) in [6.45, 7) is 1.17. The van der Waals surface area contributed by atoms with Crippen LogP contribution in [-0.2, 0) is 9.59 Å². The molecule has 2 saturated heterocycles. The number of carbonyl (C=O) groups is 2. The number of hydrogen-bond donors (Lipinski definition) is 2. The van der Waals surface area contributed by atoms with Crippen LogP contribution in [0.15, 0.2) is 0 Å². The molecule has 0 spiro atoms. The largest absolute Gasteiger partial charge is 0.389 e. The standard InChI is InChI=1S/C10H16N2O4/c13-7-4-11(5-8(7)14)6-10(16)12-3-1-2-9(12)15/h7-8,13-14H,1-6H2. The highest BCUT2D eigenvalue weighted by Gasteiger charge is 2.33. The molecule has 2 heterocycles. The Morgan fingerprint density at radius 1 is 1.31 bits per heavy atom. The van der Waals surface area contributed by atoms with Crippen LogP contribution in [0.25, 0.3) is 0 Å². The van der Waals surface area contributed by atoms with Gasteiger partial charge in [0, 0.05) is 26.1 Å². The van der Waals surface area contributed by atoms with Crippen LogP contribution in [0.2, 0.25) is 0 Å². The first-order chi connectivity index (χ1) is 7.58.